The Morgan fingerprint density at radius 1 is 1.55 bits per heavy atom. The van der Waals surface area contributed by atoms with Crippen LogP contribution in [0.5, 0.6) is 0 Å². The van der Waals surface area contributed by atoms with Gasteiger partial charge in [0, 0.05) is 31.8 Å². The summed E-state index contributed by atoms with van der Waals surface area (Å²) in [6, 6.07) is 6.14. The monoisotopic (exact) mass is 279 g/mol. The van der Waals surface area contributed by atoms with E-state index in [4.69, 9.17) is 10.5 Å². The molecular weight excluding hydrogens is 262 g/mol. The lowest BCUT2D eigenvalue weighted by atomic mass is 10.1. The van der Waals surface area contributed by atoms with Crippen molar-refractivity contribution in [1.82, 2.24) is 4.90 Å². The van der Waals surface area contributed by atoms with E-state index in [0.717, 1.165) is 0 Å². The van der Waals surface area contributed by atoms with Crippen LogP contribution in [-0.2, 0) is 16.0 Å². The third-order valence-electron chi connectivity index (χ3n) is 3.23. The summed E-state index contributed by atoms with van der Waals surface area (Å²) in [5, 5.41) is 10.7. The zero-order chi connectivity index (χ0) is 14.5. The number of hydrogen-bond donors (Lipinski definition) is 1. The van der Waals surface area contributed by atoms with Gasteiger partial charge in [-0.3, -0.25) is 14.9 Å². The van der Waals surface area contributed by atoms with Gasteiger partial charge in [-0.25, -0.2) is 0 Å². The molecule has 1 fully saturated rings. The topological polar surface area (TPSA) is 98.7 Å². The highest BCUT2D eigenvalue weighted by atomic mass is 16.6. The molecule has 2 rings (SSSR count). The summed E-state index contributed by atoms with van der Waals surface area (Å²) in [5.74, 6) is -0.0627. The second-order valence-electron chi connectivity index (χ2n) is 4.67. The average Bonchev–Trinajstić information content (AvgIpc) is 2.47. The second-order valence-corrected chi connectivity index (χ2v) is 4.67. The van der Waals surface area contributed by atoms with Crippen molar-refractivity contribution in [2.24, 2.45) is 5.73 Å². The molecule has 1 aliphatic rings. The Kier molecular flexibility index (Phi) is 4.65. The number of carbonyl (C=O) groups excluding carboxylic acids is 1. The minimum absolute atomic E-state index is 0.00267. The minimum Gasteiger partial charge on any atom is -0.373 e. The van der Waals surface area contributed by atoms with E-state index in [1.165, 1.54) is 12.1 Å². The summed E-state index contributed by atoms with van der Waals surface area (Å²) in [6.07, 6.45) is 0.0247. The van der Waals surface area contributed by atoms with Crippen LogP contribution in [-0.4, -0.2) is 48.1 Å². The molecular formula is C13H17N3O4. The minimum atomic E-state index is -0.465. The molecule has 1 heterocycles. The van der Waals surface area contributed by atoms with Crippen LogP contribution in [0.15, 0.2) is 24.3 Å². The molecule has 1 aromatic carbocycles. The van der Waals surface area contributed by atoms with Crippen LogP contribution in [0, 0.1) is 10.1 Å². The third-order valence-corrected chi connectivity index (χ3v) is 3.23. The Morgan fingerprint density at radius 2 is 2.35 bits per heavy atom. The number of nitro groups is 1. The van der Waals surface area contributed by atoms with Gasteiger partial charge in [0.05, 0.1) is 24.1 Å². The summed E-state index contributed by atoms with van der Waals surface area (Å²) < 4.78 is 5.40. The molecule has 0 spiro atoms. The van der Waals surface area contributed by atoms with Crippen LogP contribution < -0.4 is 5.73 Å². The molecule has 1 aliphatic heterocycles. The summed E-state index contributed by atoms with van der Waals surface area (Å²) in [4.78, 5) is 24.1. The van der Waals surface area contributed by atoms with Gasteiger partial charge in [-0.1, -0.05) is 12.1 Å². The lowest BCUT2D eigenvalue weighted by Gasteiger charge is -2.32. The zero-order valence-corrected chi connectivity index (χ0v) is 11.0. The summed E-state index contributed by atoms with van der Waals surface area (Å²) in [7, 11) is 0. The summed E-state index contributed by atoms with van der Waals surface area (Å²) >= 11 is 0. The van der Waals surface area contributed by atoms with Crippen LogP contribution in [0.1, 0.15) is 5.56 Å². The Bertz CT molecular complexity index is 506. The molecule has 20 heavy (non-hydrogen) atoms. The number of rotatable bonds is 4. The fourth-order valence-corrected chi connectivity index (χ4v) is 2.15. The quantitative estimate of drug-likeness (QED) is 0.632. The van der Waals surface area contributed by atoms with Gasteiger partial charge < -0.3 is 15.4 Å². The molecule has 1 unspecified atom stereocenters. The van der Waals surface area contributed by atoms with Crippen molar-refractivity contribution in [3.63, 3.8) is 0 Å². The third kappa shape index (κ3) is 3.52. The Hall–Kier alpha value is -1.99. The van der Waals surface area contributed by atoms with Crippen LogP contribution >= 0.6 is 0 Å². The molecule has 2 N–H and O–H groups in total. The molecule has 1 atom stereocenters. The van der Waals surface area contributed by atoms with E-state index in [0.29, 0.717) is 31.8 Å². The molecule has 7 heteroatoms. The van der Waals surface area contributed by atoms with E-state index in [9.17, 15) is 14.9 Å². The van der Waals surface area contributed by atoms with Gasteiger partial charge in [0.15, 0.2) is 0 Å². The Balaban J connectivity index is 2.00. The van der Waals surface area contributed by atoms with Crippen LogP contribution in [0.25, 0.3) is 0 Å². The highest BCUT2D eigenvalue weighted by Crippen LogP contribution is 2.15. The molecule has 0 aliphatic carbocycles. The Morgan fingerprint density at radius 3 is 3.05 bits per heavy atom. The van der Waals surface area contributed by atoms with E-state index in [1.807, 2.05) is 0 Å². The van der Waals surface area contributed by atoms with Crippen molar-refractivity contribution in [1.29, 1.82) is 0 Å². The molecule has 0 bridgehead atoms. The highest BCUT2D eigenvalue weighted by Gasteiger charge is 2.23. The van der Waals surface area contributed by atoms with Crippen molar-refractivity contribution in [3.05, 3.63) is 39.9 Å². The normalized spacial score (nSPS) is 18.9. The maximum Gasteiger partial charge on any atom is 0.269 e. The first-order chi connectivity index (χ1) is 9.60. The number of ether oxygens (including phenoxy) is 1. The average molecular weight is 279 g/mol. The number of nitrogens with zero attached hydrogens (tertiary/aromatic N) is 2. The maximum atomic E-state index is 12.2. The van der Waals surface area contributed by atoms with Crippen LogP contribution in [0.3, 0.4) is 0 Å². The fraction of sp³-hybridized carbons (Fsp3) is 0.462. The molecule has 7 nitrogen and oxygen atoms in total. The lowest BCUT2D eigenvalue weighted by molar-refractivity contribution is -0.384. The first-order valence-electron chi connectivity index (χ1n) is 6.43. The number of hydrogen-bond acceptors (Lipinski definition) is 5. The second kappa shape index (κ2) is 6.44. The molecule has 1 amide bonds. The van der Waals surface area contributed by atoms with Crippen LogP contribution in [0.4, 0.5) is 5.69 Å². The van der Waals surface area contributed by atoms with Crippen LogP contribution in [0.2, 0.25) is 0 Å². The number of amides is 1. The van der Waals surface area contributed by atoms with Gasteiger partial charge in [0.25, 0.3) is 5.69 Å². The largest absolute Gasteiger partial charge is 0.373 e. The molecule has 108 valence electrons. The van der Waals surface area contributed by atoms with Crippen molar-refractivity contribution >= 4 is 11.6 Å². The van der Waals surface area contributed by atoms with Gasteiger partial charge in [0.2, 0.25) is 5.91 Å². The summed E-state index contributed by atoms with van der Waals surface area (Å²) in [5.41, 5.74) is 6.17. The smallest absolute Gasteiger partial charge is 0.269 e. The van der Waals surface area contributed by atoms with Crippen molar-refractivity contribution in [3.8, 4) is 0 Å². The number of nitro benzene ring substituents is 1. The van der Waals surface area contributed by atoms with E-state index in [2.05, 4.69) is 0 Å². The summed E-state index contributed by atoms with van der Waals surface area (Å²) in [6.45, 7) is 1.86. The number of benzene rings is 1. The maximum absolute atomic E-state index is 12.2. The molecule has 0 aromatic heterocycles. The van der Waals surface area contributed by atoms with Crippen molar-refractivity contribution in [2.45, 2.75) is 12.5 Å². The van der Waals surface area contributed by atoms with E-state index in [-0.39, 0.29) is 24.1 Å². The lowest BCUT2D eigenvalue weighted by Crippen LogP contribution is -2.48. The van der Waals surface area contributed by atoms with Crippen molar-refractivity contribution < 1.29 is 14.5 Å². The number of carbonyl (C=O) groups is 1. The molecule has 0 saturated carbocycles. The number of non-ortho nitro benzene ring substituents is 1. The highest BCUT2D eigenvalue weighted by molar-refractivity contribution is 5.79. The van der Waals surface area contributed by atoms with Gasteiger partial charge in [-0.05, 0) is 5.56 Å². The number of nitrogens with two attached hydrogens (primary N) is 1. The fourth-order valence-electron chi connectivity index (χ4n) is 2.15. The Labute approximate surface area is 116 Å². The SMILES string of the molecule is NCC1CN(C(=O)Cc2cccc([N+](=O)[O-])c2)CCO1. The van der Waals surface area contributed by atoms with Gasteiger partial charge >= 0.3 is 0 Å². The predicted octanol–water partition coefficient (Wildman–Crippen LogP) is 0.323. The van der Waals surface area contributed by atoms with Gasteiger partial charge in [0.1, 0.15) is 0 Å². The van der Waals surface area contributed by atoms with Gasteiger partial charge in [-0.15, -0.1) is 0 Å². The van der Waals surface area contributed by atoms with Gasteiger partial charge in [-0.2, -0.15) is 0 Å². The first kappa shape index (κ1) is 14.4. The number of morpholine rings is 1. The first-order valence-corrected chi connectivity index (χ1v) is 6.43. The standard InChI is InChI=1S/C13H17N3O4/c14-8-12-9-15(4-5-20-12)13(17)7-10-2-1-3-11(6-10)16(18)19/h1-3,6,12H,4-5,7-9,14H2. The zero-order valence-electron chi connectivity index (χ0n) is 11.0. The molecule has 0 radical (unpaired) electrons. The van der Waals surface area contributed by atoms with E-state index < -0.39 is 4.92 Å². The molecule has 1 aromatic rings. The van der Waals surface area contributed by atoms with E-state index in [1.54, 1.807) is 17.0 Å². The predicted molar refractivity (Wildman–Crippen MR) is 72.2 cm³/mol. The van der Waals surface area contributed by atoms with Crippen molar-refractivity contribution in [2.75, 3.05) is 26.2 Å². The van der Waals surface area contributed by atoms with E-state index >= 15 is 0 Å². The molecule has 1 saturated heterocycles.